The molecule has 1 aliphatic rings. The number of nitrogens with one attached hydrogen (secondary N) is 1. The van der Waals surface area contributed by atoms with Crippen molar-refractivity contribution in [3.8, 4) is 0 Å². The largest absolute Gasteiger partial charge is 0.399 e. The Bertz CT molecular complexity index is 358. The second-order valence-electron chi connectivity index (χ2n) is 4.16. The second kappa shape index (κ2) is 3.91. The van der Waals surface area contributed by atoms with E-state index in [1.807, 2.05) is 6.07 Å². The number of anilines is 2. The van der Waals surface area contributed by atoms with E-state index in [4.69, 9.17) is 17.3 Å². The van der Waals surface area contributed by atoms with Crippen LogP contribution in [0.2, 0.25) is 5.02 Å². The molecule has 82 valence electrons. The van der Waals surface area contributed by atoms with Crippen LogP contribution in [-0.4, -0.2) is 17.3 Å². The Hall–Kier alpha value is -0.930. The van der Waals surface area contributed by atoms with Crippen molar-refractivity contribution in [1.29, 1.82) is 0 Å². The summed E-state index contributed by atoms with van der Waals surface area (Å²) in [5, 5.41) is 13.2. The van der Waals surface area contributed by atoms with Gasteiger partial charge in [0.15, 0.2) is 0 Å². The van der Waals surface area contributed by atoms with Crippen molar-refractivity contribution in [3.05, 3.63) is 23.2 Å². The SMILES string of the molecule is Nc1ccc(NC2(CO)CCC2)c(Cl)c1. The van der Waals surface area contributed by atoms with Crippen LogP contribution in [0.15, 0.2) is 18.2 Å². The highest BCUT2D eigenvalue weighted by atomic mass is 35.5. The van der Waals surface area contributed by atoms with E-state index >= 15 is 0 Å². The average molecular weight is 227 g/mol. The molecule has 0 atom stereocenters. The van der Waals surface area contributed by atoms with E-state index in [2.05, 4.69) is 5.32 Å². The summed E-state index contributed by atoms with van der Waals surface area (Å²) >= 11 is 6.05. The molecule has 4 N–H and O–H groups in total. The molecular formula is C11H15ClN2O. The summed E-state index contributed by atoms with van der Waals surface area (Å²) in [6, 6.07) is 5.37. The number of halogens is 1. The van der Waals surface area contributed by atoms with E-state index in [1.165, 1.54) is 0 Å². The summed E-state index contributed by atoms with van der Waals surface area (Å²) < 4.78 is 0. The molecule has 0 aliphatic heterocycles. The number of nitrogens with two attached hydrogens (primary N) is 1. The van der Waals surface area contributed by atoms with Gasteiger partial charge >= 0.3 is 0 Å². The summed E-state index contributed by atoms with van der Waals surface area (Å²) in [4.78, 5) is 0. The number of aliphatic hydroxyl groups excluding tert-OH is 1. The van der Waals surface area contributed by atoms with Crippen LogP contribution in [-0.2, 0) is 0 Å². The smallest absolute Gasteiger partial charge is 0.0661 e. The minimum atomic E-state index is -0.167. The fourth-order valence-electron chi connectivity index (χ4n) is 1.84. The molecule has 0 bridgehead atoms. The molecule has 0 aromatic heterocycles. The molecule has 0 unspecified atom stereocenters. The van der Waals surface area contributed by atoms with Gasteiger partial charge in [-0.1, -0.05) is 11.6 Å². The first kappa shape index (κ1) is 10.6. The summed E-state index contributed by atoms with van der Waals surface area (Å²) in [5.74, 6) is 0. The maximum Gasteiger partial charge on any atom is 0.0661 e. The Morgan fingerprint density at radius 2 is 2.20 bits per heavy atom. The van der Waals surface area contributed by atoms with Crippen molar-refractivity contribution < 1.29 is 5.11 Å². The van der Waals surface area contributed by atoms with Crippen LogP contribution >= 0.6 is 11.6 Å². The Morgan fingerprint density at radius 1 is 1.47 bits per heavy atom. The van der Waals surface area contributed by atoms with Crippen molar-refractivity contribution in [2.75, 3.05) is 17.7 Å². The standard InChI is InChI=1S/C11H15ClN2O/c12-9-6-8(13)2-3-10(9)14-11(7-15)4-1-5-11/h2-3,6,14-15H,1,4-5,7,13H2. The van der Waals surface area contributed by atoms with Crippen LogP contribution in [0.5, 0.6) is 0 Å². The lowest BCUT2D eigenvalue weighted by Gasteiger charge is -2.42. The molecule has 1 fully saturated rings. The van der Waals surface area contributed by atoms with Crippen molar-refractivity contribution in [2.45, 2.75) is 24.8 Å². The van der Waals surface area contributed by atoms with Gasteiger partial charge < -0.3 is 16.2 Å². The minimum absolute atomic E-state index is 0.147. The van der Waals surface area contributed by atoms with Crippen LogP contribution in [0.3, 0.4) is 0 Å². The molecule has 0 heterocycles. The topological polar surface area (TPSA) is 58.3 Å². The molecule has 0 radical (unpaired) electrons. The molecule has 0 amide bonds. The van der Waals surface area contributed by atoms with E-state index in [0.717, 1.165) is 24.9 Å². The quantitative estimate of drug-likeness (QED) is 0.693. The van der Waals surface area contributed by atoms with Gasteiger partial charge in [-0.25, -0.2) is 0 Å². The summed E-state index contributed by atoms with van der Waals surface area (Å²) in [5.41, 5.74) is 6.94. The van der Waals surface area contributed by atoms with E-state index in [0.29, 0.717) is 10.7 Å². The monoisotopic (exact) mass is 226 g/mol. The third kappa shape index (κ3) is 2.03. The molecule has 1 saturated carbocycles. The van der Waals surface area contributed by atoms with Crippen LogP contribution in [0, 0.1) is 0 Å². The van der Waals surface area contributed by atoms with E-state index in [1.54, 1.807) is 12.1 Å². The number of hydrogen-bond acceptors (Lipinski definition) is 3. The van der Waals surface area contributed by atoms with Crippen molar-refractivity contribution in [1.82, 2.24) is 0 Å². The van der Waals surface area contributed by atoms with E-state index in [9.17, 15) is 5.11 Å². The molecule has 1 aromatic carbocycles. The van der Waals surface area contributed by atoms with Crippen molar-refractivity contribution in [3.63, 3.8) is 0 Å². The maximum absolute atomic E-state index is 9.31. The highest BCUT2D eigenvalue weighted by Gasteiger charge is 2.36. The molecule has 2 rings (SSSR count). The highest BCUT2D eigenvalue weighted by Crippen LogP contribution is 2.37. The average Bonchev–Trinajstić information content (AvgIpc) is 2.14. The van der Waals surface area contributed by atoms with Gasteiger partial charge in [0.2, 0.25) is 0 Å². The molecule has 1 aliphatic carbocycles. The Kier molecular flexibility index (Phi) is 2.76. The first-order valence-electron chi connectivity index (χ1n) is 5.09. The number of hydrogen-bond donors (Lipinski definition) is 3. The number of nitrogen functional groups attached to an aromatic ring is 1. The van der Waals surface area contributed by atoms with Gasteiger partial charge in [0.25, 0.3) is 0 Å². The summed E-state index contributed by atoms with van der Waals surface area (Å²) in [6.07, 6.45) is 3.13. The number of benzene rings is 1. The van der Waals surface area contributed by atoms with Gasteiger partial charge in [0.05, 0.1) is 22.9 Å². The van der Waals surface area contributed by atoms with Gasteiger partial charge in [-0.05, 0) is 37.5 Å². The highest BCUT2D eigenvalue weighted by molar-refractivity contribution is 6.33. The Labute approximate surface area is 94.2 Å². The van der Waals surface area contributed by atoms with Crippen molar-refractivity contribution in [2.24, 2.45) is 0 Å². The first-order chi connectivity index (χ1) is 7.15. The molecule has 0 saturated heterocycles. The predicted molar refractivity (Wildman–Crippen MR) is 63.2 cm³/mol. The lowest BCUT2D eigenvalue weighted by Crippen LogP contribution is -2.48. The zero-order valence-corrected chi connectivity index (χ0v) is 9.22. The van der Waals surface area contributed by atoms with Crippen LogP contribution in [0.1, 0.15) is 19.3 Å². The lowest BCUT2D eigenvalue weighted by molar-refractivity contribution is 0.144. The molecule has 4 heteroatoms. The summed E-state index contributed by atoms with van der Waals surface area (Å²) in [7, 11) is 0. The van der Waals surface area contributed by atoms with Crippen molar-refractivity contribution >= 4 is 23.0 Å². The lowest BCUT2D eigenvalue weighted by atomic mass is 9.77. The fourth-order valence-corrected chi connectivity index (χ4v) is 2.08. The predicted octanol–water partition coefficient (Wildman–Crippen LogP) is 2.25. The Balaban J connectivity index is 2.16. The van der Waals surface area contributed by atoms with E-state index < -0.39 is 0 Å². The number of rotatable bonds is 3. The minimum Gasteiger partial charge on any atom is -0.399 e. The first-order valence-corrected chi connectivity index (χ1v) is 5.47. The van der Waals surface area contributed by atoms with Crippen LogP contribution < -0.4 is 11.1 Å². The molecule has 15 heavy (non-hydrogen) atoms. The van der Waals surface area contributed by atoms with Crippen LogP contribution in [0.25, 0.3) is 0 Å². The van der Waals surface area contributed by atoms with Gasteiger partial charge in [-0.2, -0.15) is 0 Å². The number of aliphatic hydroxyl groups is 1. The maximum atomic E-state index is 9.31. The Morgan fingerprint density at radius 3 is 2.67 bits per heavy atom. The molecule has 1 aromatic rings. The van der Waals surface area contributed by atoms with Crippen LogP contribution in [0.4, 0.5) is 11.4 Å². The van der Waals surface area contributed by atoms with Gasteiger partial charge in [0, 0.05) is 5.69 Å². The van der Waals surface area contributed by atoms with E-state index in [-0.39, 0.29) is 12.1 Å². The zero-order valence-electron chi connectivity index (χ0n) is 8.46. The normalized spacial score (nSPS) is 18.3. The second-order valence-corrected chi connectivity index (χ2v) is 4.56. The van der Waals surface area contributed by atoms with Gasteiger partial charge in [0.1, 0.15) is 0 Å². The molecular weight excluding hydrogens is 212 g/mol. The van der Waals surface area contributed by atoms with Gasteiger partial charge in [-0.3, -0.25) is 0 Å². The summed E-state index contributed by atoms with van der Waals surface area (Å²) in [6.45, 7) is 0.147. The third-order valence-electron chi connectivity index (χ3n) is 3.01. The fraction of sp³-hybridized carbons (Fsp3) is 0.455. The molecule has 0 spiro atoms. The van der Waals surface area contributed by atoms with Gasteiger partial charge in [-0.15, -0.1) is 0 Å². The zero-order chi connectivity index (χ0) is 10.9. The molecule has 3 nitrogen and oxygen atoms in total. The third-order valence-corrected chi connectivity index (χ3v) is 3.32.